The van der Waals surface area contributed by atoms with Crippen LogP contribution in [0.1, 0.15) is 32.1 Å². The molecule has 0 bridgehead atoms. The van der Waals surface area contributed by atoms with Gasteiger partial charge in [-0.1, -0.05) is 19.3 Å². The van der Waals surface area contributed by atoms with Gasteiger partial charge in [0.2, 0.25) is 5.91 Å². The van der Waals surface area contributed by atoms with Crippen molar-refractivity contribution in [3.63, 3.8) is 0 Å². The Labute approximate surface area is 103 Å². The summed E-state index contributed by atoms with van der Waals surface area (Å²) in [5.74, 6) is 0.469. The van der Waals surface area contributed by atoms with Gasteiger partial charge in [-0.3, -0.25) is 4.79 Å². The molecule has 0 radical (unpaired) electrons. The number of aliphatic hydroxyl groups is 1. The topological polar surface area (TPSA) is 52.6 Å². The van der Waals surface area contributed by atoms with E-state index in [0.29, 0.717) is 12.5 Å². The van der Waals surface area contributed by atoms with Gasteiger partial charge in [0, 0.05) is 25.6 Å². The van der Waals surface area contributed by atoms with Crippen LogP contribution in [0, 0.1) is 11.3 Å². The molecule has 1 spiro atoms. The average Bonchev–Trinajstić information content (AvgIpc) is 2.69. The molecule has 2 N–H and O–H groups in total. The van der Waals surface area contributed by atoms with Gasteiger partial charge >= 0.3 is 0 Å². The number of aliphatic hydroxyl groups excluding tert-OH is 1. The molecule has 0 aromatic carbocycles. The summed E-state index contributed by atoms with van der Waals surface area (Å²) >= 11 is 0. The summed E-state index contributed by atoms with van der Waals surface area (Å²) in [6, 6.07) is 0. The molecular weight excluding hydrogens is 216 g/mol. The van der Waals surface area contributed by atoms with E-state index in [2.05, 4.69) is 5.32 Å². The predicted molar refractivity (Wildman–Crippen MR) is 66.6 cm³/mol. The average molecular weight is 240 g/mol. The van der Waals surface area contributed by atoms with E-state index in [1.165, 1.54) is 32.1 Å². The van der Waals surface area contributed by atoms with E-state index in [-0.39, 0.29) is 17.9 Å². The third kappa shape index (κ3) is 2.47. The Morgan fingerprint density at radius 1 is 1.41 bits per heavy atom. The summed E-state index contributed by atoms with van der Waals surface area (Å²) in [6.07, 6.45) is 6.18. The molecule has 2 aliphatic rings. The van der Waals surface area contributed by atoms with Crippen molar-refractivity contribution >= 4 is 5.91 Å². The summed E-state index contributed by atoms with van der Waals surface area (Å²) in [5, 5.41) is 12.5. The molecule has 1 aliphatic carbocycles. The number of hydrogen-bond donors (Lipinski definition) is 2. The van der Waals surface area contributed by atoms with Gasteiger partial charge in [-0.15, -0.1) is 0 Å². The fraction of sp³-hybridized carbons (Fsp3) is 0.923. The lowest BCUT2D eigenvalue weighted by Crippen LogP contribution is -2.38. The van der Waals surface area contributed by atoms with Crippen LogP contribution in [0.2, 0.25) is 0 Å². The van der Waals surface area contributed by atoms with Crippen LogP contribution in [0.15, 0.2) is 0 Å². The van der Waals surface area contributed by atoms with Crippen molar-refractivity contribution in [2.45, 2.75) is 32.1 Å². The molecule has 1 saturated carbocycles. The maximum absolute atomic E-state index is 11.9. The monoisotopic (exact) mass is 240 g/mol. The maximum Gasteiger partial charge on any atom is 0.236 e. The van der Waals surface area contributed by atoms with Gasteiger partial charge < -0.3 is 15.3 Å². The van der Waals surface area contributed by atoms with Crippen molar-refractivity contribution in [1.82, 2.24) is 10.2 Å². The number of nitrogens with one attached hydrogen (secondary N) is 1. The van der Waals surface area contributed by atoms with Gasteiger partial charge in [-0.2, -0.15) is 0 Å². The molecule has 1 atom stereocenters. The van der Waals surface area contributed by atoms with Crippen molar-refractivity contribution in [2.75, 3.05) is 33.3 Å². The van der Waals surface area contributed by atoms with Gasteiger partial charge in [-0.05, 0) is 25.3 Å². The molecular formula is C13H24N2O2. The number of hydrogen-bond acceptors (Lipinski definition) is 3. The van der Waals surface area contributed by atoms with Crippen LogP contribution in [0.25, 0.3) is 0 Å². The van der Waals surface area contributed by atoms with Crippen molar-refractivity contribution in [2.24, 2.45) is 11.3 Å². The largest absolute Gasteiger partial charge is 0.396 e. The number of likely N-dealkylation sites (N-methyl/N-ethyl adjacent to an activating group) is 1. The smallest absolute Gasteiger partial charge is 0.236 e. The third-order valence-corrected chi connectivity index (χ3v) is 4.56. The van der Waals surface area contributed by atoms with Crippen LogP contribution in [0.4, 0.5) is 0 Å². The first-order valence-electron chi connectivity index (χ1n) is 6.75. The number of rotatable bonds is 3. The normalized spacial score (nSPS) is 27.6. The molecule has 1 unspecified atom stereocenters. The van der Waals surface area contributed by atoms with E-state index in [0.717, 1.165) is 13.1 Å². The summed E-state index contributed by atoms with van der Waals surface area (Å²) in [5.41, 5.74) is 0.219. The van der Waals surface area contributed by atoms with Gasteiger partial charge in [0.1, 0.15) is 0 Å². The van der Waals surface area contributed by atoms with Crippen LogP contribution in [-0.4, -0.2) is 49.2 Å². The van der Waals surface area contributed by atoms with Crippen molar-refractivity contribution in [3.05, 3.63) is 0 Å². The zero-order chi connectivity index (χ0) is 12.3. The number of likely N-dealkylation sites (tertiary alicyclic amines) is 1. The number of carbonyl (C=O) groups is 1. The molecule has 1 saturated heterocycles. The molecule has 0 aromatic heterocycles. The Hall–Kier alpha value is -0.610. The predicted octanol–water partition coefficient (Wildman–Crippen LogP) is 0.607. The van der Waals surface area contributed by atoms with Crippen LogP contribution < -0.4 is 5.32 Å². The minimum atomic E-state index is 0.174. The van der Waals surface area contributed by atoms with Gasteiger partial charge in [0.15, 0.2) is 0 Å². The molecule has 17 heavy (non-hydrogen) atoms. The Balaban J connectivity index is 2.04. The van der Waals surface area contributed by atoms with E-state index in [9.17, 15) is 9.90 Å². The molecule has 4 nitrogen and oxygen atoms in total. The summed E-state index contributed by atoms with van der Waals surface area (Å²) in [7, 11) is 1.80. The standard InChI is InChI=1S/C13H24N2O2/c1-14-7-12(17)15-8-11(9-16)13(10-15)5-3-2-4-6-13/h11,14,16H,2-10H2,1H3. The molecule has 98 valence electrons. The van der Waals surface area contributed by atoms with Crippen LogP contribution >= 0.6 is 0 Å². The van der Waals surface area contributed by atoms with E-state index in [1.54, 1.807) is 7.05 Å². The van der Waals surface area contributed by atoms with E-state index < -0.39 is 0 Å². The molecule has 0 aromatic rings. The SMILES string of the molecule is CNCC(=O)N1CC(CO)C2(CCCCC2)C1. The highest BCUT2D eigenvalue weighted by molar-refractivity contribution is 5.78. The summed E-state index contributed by atoms with van der Waals surface area (Å²) in [4.78, 5) is 13.9. The molecule has 2 fully saturated rings. The zero-order valence-corrected chi connectivity index (χ0v) is 10.7. The lowest BCUT2D eigenvalue weighted by molar-refractivity contribution is -0.129. The Morgan fingerprint density at radius 2 is 2.12 bits per heavy atom. The summed E-state index contributed by atoms with van der Waals surface area (Å²) < 4.78 is 0. The highest BCUT2D eigenvalue weighted by Crippen LogP contribution is 2.47. The highest BCUT2D eigenvalue weighted by atomic mass is 16.3. The van der Waals surface area contributed by atoms with E-state index in [1.807, 2.05) is 4.90 Å². The quantitative estimate of drug-likeness (QED) is 0.760. The highest BCUT2D eigenvalue weighted by Gasteiger charge is 2.47. The second-order valence-corrected chi connectivity index (χ2v) is 5.61. The molecule has 2 rings (SSSR count). The lowest BCUT2D eigenvalue weighted by Gasteiger charge is -2.37. The zero-order valence-electron chi connectivity index (χ0n) is 10.7. The summed E-state index contributed by atoms with van der Waals surface area (Å²) in [6.45, 7) is 2.24. The van der Waals surface area contributed by atoms with Crippen molar-refractivity contribution in [3.8, 4) is 0 Å². The van der Waals surface area contributed by atoms with Crippen LogP contribution in [0.5, 0.6) is 0 Å². The van der Waals surface area contributed by atoms with Gasteiger partial charge in [-0.25, -0.2) is 0 Å². The first-order valence-corrected chi connectivity index (χ1v) is 6.75. The molecule has 1 amide bonds. The number of amides is 1. The first kappa shape index (κ1) is 12.8. The molecule has 1 heterocycles. The fourth-order valence-corrected chi connectivity index (χ4v) is 3.56. The van der Waals surface area contributed by atoms with Crippen molar-refractivity contribution < 1.29 is 9.90 Å². The lowest BCUT2D eigenvalue weighted by atomic mass is 9.68. The number of nitrogens with zero attached hydrogens (tertiary/aromatic N) is 1. The molecule has 4 heteroatoms. The van der Waals surface area contributed by atoms with Crippen LogP contribution in [-0.2, 0) is 4.79 Å². The van der Waals surface area contributed by atoms with Gasteiger partial charge in [0.25, 0.3) is 0 Å². The first-order chi connectivity index (χ1) is 8.22. The van der Waals surface area contributed by atoms with E-state index >= 15 is 0 Å². The Bertz CT molecular complexity index is 275. The third-order valence-electron chi connectivity index (χ3n) is 4.56. The fourth-order valence-electron chi connectivity index (χ4n) is 3.56. The van der Waals surface area contributed by atoms with Crippen molar-refractivity contribution in [1.29, 1.82) is 0 Å². The Kier molecular flexibility index (Phi) is 4.05. The van der Waals surface area contributed by atoms with Gasteiger partial charge in [0.05, 0.1) is 6.54 Å². The number of carbonyl (C=O) groups excluding carboxylic acids is 1. The Morgan fingerprint density at radius 3 is 2.71 bits per heavy atom. The second kappa shape index (κ2) is 5.36. The second-order valence-electron chi connectivity index (χ2n) is 5.61. The minimum absolute atomic E-state index is 0.174. The van der Waals surface area contributed by atoms with E-state index in [4.69, 9.17) is 0 Å². The molecule has 1 aliphatic heterocycles. The van der Waals surface area contributed by atoms with Crippen LogP contribution in [0.3, 0.4) is 0 Å². The minimum Gasteiger partial charge on any atom is -0.396 e. The maximum atomic E-state index is 11.9.